The number of furan rings is 1. The molecule has 2 amide bonds. The Morgan fingerprint density at radius 1 is 0.971 bits per heavy atom. The van der Waals surface area contributed by atoms with Crippen molar-refractivity contribution in [3.63, 3.8) is 0 Å². The van der Waals surface area contributed by atoms with Crippen LogP contribution >= 0.6 is 0 Å². The molecule has 0 unspecified atom stereocenters. The van der Waals surface area contributed by atoms with Gasteiger partial charge in [0.1, 0.15) is 18.1 Å². The lowest BCUT2D eigenvalue weighted by Crippen LogP contribution is -2.17. The maximum atomic E-state index is 12.8. The topological polar surface area (TPSA) is 98.4 Å². The van der Waals surface area contributed by atoms with E-state index in [9.17, 15) is 9.59 Å². The molecule has 0 bridgehead atoms. The molecule has 0 aliphatic carbocycles. The third kappa shape index (κ3) is 5.53. The van der Waals surface area contributed by atoms with Crippen molar-refractivity contribution in [3.8, 4) is 5.75 Å². The molecular weight excluding hydrogens is 432 g/mol. The molecule has 34 heavy (non-hydrogen) atoms. The van der Waals surface area contributed by atoms with Gasteiger partial charge in [0.2, 0.25) is 0 Å². The number of aryl methyl sites for hydroxylation is 3. The van der Waals surface area contributed by atoms with Gasteiger partial charge < -0.3 is 19.8 Å². The summed E-state index contributed by atoms with van der Waals surface area (Å²) >= 11 is 0. The molecule has 2 N–H and O–H groups in total. The Bertz CT molecular complexity index is 1290. The van der Waals surface area contributed by atoms with Crippen LogP contribution in [0.1, 0.15) is 44.9 Å². The third-order valence-corrected chi connectivity index (χ3v) is 5.04. The largest absolute Gasteiger partial charge is 0.486 e. The second kappa shape index (κ2) is 10.1. The van der Waals surface area contributed by atoms with Crippen LogP contribution in [0.2, 0.25) is 0 Å². The van der Waals surface area contributed by atoms with Crippen molar-refractivity contribution in [1.82, 2.24) is 9.78 Å². The zero-order chi connectivity index (χ0) is 24.1. The highest BCUT2D eigenvalue weighted by Gasteiger charge is 2.21. The standard InChI is InChI=1S/C26H26N4O4/c1-4-30-15-22(24(29-30)26(32)27-19-8-6-5-7-9-19)28-25(31)23-11-10-20(34-23)16-33-21-13-17(2)12-18(3)14-21/h5-15H,4,16H2,1-3H3,(H,27,32)(H,28,31). The van der Waals surface area contributed by atoms with E-state index >= 15 is 0 Å². The molecule has 0 radical (unpaired) electrons. The van der Waals surface area contributed by atoms with Crippen molar-refractivity contribution in [2.45, 2.75) is 33.9 Å². The molecular formula is C26H26N4O4. The van der Waals surface area contributed by atoms with Crippen LogP contribution in [-0.4, -0.2) is 21.6 Å². The molecule has 4 rings (SSSR count). The molecule has 2 heterocycles. The summed E-state index contributed by atoms with van der Waals surface area (Å²) in [6.45, 7) is 6.64. The second-order valence-corrected chi connectivity index (χ2v) is 7.90. The van der Waals surface area contributed by atoms with Crippen molar-refractivity contribution in [1.29, 1.82) is 0 Å². The average Bonchev–Trinajstić information content (AvgIpc) is 3.45. The van der Waals surface area contributed by atoms with Crippen molar-refractivity contribution in [2.75, 3.05) is 10.6 Å². The summed E-state index contributed by atoms with van der Waals surface area (Å²) in [5.74, 6) is 0.451. The van der Waals surface area contributed by atoms with Crippen LogP contribution in [0.25, 0.3) is 0 Å². The number of carbonyl (C=O) groups is 2. The van der Waals surface area contributed by atoms with Gasteiger partial charge in [0, 0.05) is 18.4 Å². The summed E-state index contributed by atoms with van der Waals surface area (Å²) < 4.78 is 13.0. The van der Waals surface area contributed by atoms with E-state index in [1.165, 1.54) is 0 Å². The van der Waals surface area contributed by atoms with Gasteiger partial charge in [-0.3, -0.25) is 14.3 Å². The lowest BCUT2D eigenvalue weighted by molar-refractivity contribution is 0.0992. The SMILES string of the molecule is CCn1cc(NC(=O)c2ccc(COc3cc(C)cc(C)c3)o2)c(C(=O)Nc2ccccc2)n1. The Morgan fingerprint density at radius 2 is 1.71 bits per heavy atom. The Kier molecular flexibility index (Phi) is 6.77. The number of amides is 2. The van der Waals surface area contributed by atoms with E-state index in [-0.39, 0.29) is 18.1 Å². The van der Waals surface area contributed by atoms with Crippen LogP contribution in [-0.2, 0) is 13.2 Å². The predicted molar refractivity (Wildman–Crippen MR) is 129 cm³/mol. The minimum Gasteiger partial charge on any atom is -0.486 e. The van der Waals surface area contributed by atoms with E-state index in [4.69, 9.17) is 9.15 Å². The Morgan fingerprint density at radius 3 is 2.41 bits per heavy atom. The summed E-state index contributed by atoms with van der Waals surface area (Å²) in [6, 6.07) is 18.3. The molecule has 0 spiro atoms. The van der Waals surface area contributed by atoms with Crippen LogP contribution < -0.4 is 15.4 Å². The van der Waals surface area contributed by atoms with Gasteiger partial charge in [-0.25, -0.2) is 0 Å². The highest BCUT2D eigenvalue weighted by atomic mass is 16.5. The fraction of sp³-hybridized carbons (Fsp3) is 0.192. The van der Waals surface area contributed by atoms with Crippen LogP contribution in [0.4, 0.5) is 11.4 Å². The number of nitrogens with zero attached hydrogens (tertiary/aromatic N) is 2. The summed E-state index contributed by atoms with van der Waals surface area (Å²) in [6.07, 6.45) is 1.62. The van der Waals surface area contributed by atoms with E-state index in [1.54, 1.807) is 35.1 Å². The number of anilines is 2. The monoisotopic (exact) mass is 458 g/mol. The molecule has 8 heteroatoms. The minimum atomic E-state index is -0.484. The van der Waals surface area contributed by atoms with E-state index < -0.39 is 11.8 Å². The molecule has 0 fully saturated rings. The summed E-state index contributed by atoms with van der Waals surface area (Å²) in [4.78, 5) is 25.6. The number of nitrogens with one attached hydrogen (secondary N) is 2. The van der Waals surface area contributed by atoms with Gasteiger partial charge in [0.25, 0.3) is 11.8 Å². The predicted octanol–water partition coefficient (Wildman–Crippen LogP) is 5.20. The first-order valence-corrected chi connectivity index (χ1v) is 11.0. The summed E-state index contributed by atoms with van der Waals surface area (Å²) in [5, 5.41) is 9.81. The van der Waals surface area contributed by atoms with Crippen molar-refractivity contribution >= 4 is 23.2 Å². The Balaban J connectivity index is 1.44. The number of ether oxygens (including phenoxy) is 1. The maximum Gasteiger partial charge on any atom is 0.291 e. The number of benzene rings is 2. The molecule has 174 valence electrons. The average molecular weight is 459 g/mol. The number of aromatic nitrogens is 2. The Labute approximate surface area is 197 Å². The highest BCUT2D eigenvalue weighted by Crippen LogP contribution is 2.21. The zero-order valence-corrected chi connectivity index (χ0v) is 19.3. The van der Waals surface area contributed by atoms with Crippen molar-refractivity contribution < 1.29 is 18.7 Å². The van der Waals surface area contributed by atoms with Gasteiger partial charge in [-0.2, -0.15) is 5.10 Å². The summed E-state index contributed by atoms with van der Waals surface area (Å²) in [7, 11) is 0. The van der Waals surface area contributed by atoms with Gasteiger partial charge in [-0.15, -0.1) is 0 Å². The molecule has 0 aliphatic heterocycles. The fourth-order valence-electron chi connectivity index (χ4n) is 3.49. The molecule has 0 saturated heterocycles. The van der Waals surface area contributed by atoms with E-state index in [0.717, 1.165) is 16.9 Å². The smallest absolute Gasteiger partial charge is 0.291 e. The van der Waals surface area contributed by atoms with Gasteiger partial charge in [-0.1, -0.05) is 24.3 Å². The molecule has 8 nitrogen and oxygen atoms in total. The molecule has 0 aliphatic rings. The molecule has 0 saturated carbocycles. The van der Waals surface area contributed by atoms with Crippen molar-refractivity contribution in [3.05, 3.63) is 95.2 Å². The summed E-state index contributed by atoms with van der Waals surface area (Å²) in [5.41, 5.74) is 3.26. The quantitative estimate of drug-likeness (QED) is 0.378. The number of hydrogen-bond acceptors (Lipinski definition) is 5. The fourth-order valence-corrected chi connectivity index (χ4v) is 3.49. The lowest BCUT2D eigenvalue weighted by Gasteiger charge is -2.07. The maximum absolute atomic E-state index is 12.8. The van der Waals surface area contributed by atoms with Crippen LogP contribution in [0.15, 0.2) is 71.3 Å². The van der Waals surface area contributed by atoms with Gasteiger partial charge >= 0.3 is 0 Å². The highest BCUT2D eigenvalue weighted by molar-refractivity contribution is 6.10. The van der Waals surface area contributed by atoms with Crippen LogP contribution in [0.3, 0.4) is 0 Å². The molecule has 0 atom stereocenters. The Hall–Kier alpha value is -4.33. The number of hydrogen-bond donors (Lipinski definition) is 2. The first kappa shape index (κ1) is 22.8. The first-order valence-electron chi connectivity index (χ1n) is 11.0. The number of rotatable bonds is 8. The normalized spacial score (nSPS) is 10.7. The third-order valence-electron chi connectivity index (χ3n) is 5.04. The number of carbonyl (C=O) groups excluding carboxylic acids is 2. The lowest BCUT2D eigenvalue weighted by atomic mass is 10.1. The van der Waals surface area contributed by atoms with Gasteiger partial charge in [0.05, 0.1) is 5.69 Å². The van der Waals surface area contributed by atoms with E-state index in [2.05, 4.69) is 21.8 Å². The van der Waals surface area contributed by atoms with Crippen LogP contribution in [0.5, 0.6) is 5.75 Å². The molecule has 2 aromatic heterocycles. The van der Waals surface area contributed by atoms with Crippen molar-refractivity contribution in [2.24, 2.45) is 0 Å². The molecule has 4 aromatic rings. The minimum absolute atomic E-state index is 0.109. The van der Waals surface area contributed by atoms with Gasteiger partial charge in [0.15, 0.2) is 11.5 Å². The van der Waals surface area contributed by atoms with E-state index in [1.807, 2.05) is 51.1 Å². The molecule has 2 aromatic carbocycles. The van der Waals surface area contributed by atoms with Crippen LogP contribution in [0, 0.1) is 13.8 Å². The van der Waals surface area contributed by atoms with E-state index in [0.29, 0.717) is 23.7 Å². The second-order valence-electron chi connectivity index (χ2n) is 7.90. The zero-order valence-electron chi connectivity index (χ0n) is 19.3. The number of para-hydroxylation sites is 1. The van der Waals surface area contributed by atoms with Gasteiger partial charge in [-0.05, 0) is 68.3 Å². The first-order chi connectivity index (χ1) is 16.4.